The molecule has 0 saturated heterocycles. The fourth-order valence-electron chi connectivity index (χ4n) is 3.45. The Balaban J connectivity index is 1.72. The van der Waals surface area contributed by atoms with E-state index in [0.717, 1.165) is 17.9 Å². The maximum Gasteiger partial charge on any atom is 0.291 e. The van der Waals surface area contributed by atoms with Crippen LogP contribution in [-0.4, -0.2) is 17.1 Å². The first-order chi connectivity index (χ1) is 11.2. The molecule has 2 atom stereocenters. The van der Waals surface area contributed by atoms with E-state index in [1.54, 1.807) is 6.21 Å². The van der Waals surface area contributed by atoms with E-state index in [2.05, 4.69) is 35.4 Å². The van der Waals surface area contributed by atoms with Gasteiger partial charge in [0.2, 0.25) is 0 Å². The number of hydrazone groups is 1. The maximum absolute atomic E-state index is 12.2. The number of allylic oxidation sites excluding steroid dienone is 2. The Labute approximate surface area is 155 Å². The van der Waals surface area contributed by atoms with Gasteiger partial charge in [0.1, 0.15) is 5.02 Å². The SMILES string of the molecule is CC1(C)[C@H]2CC=C(/C=N\NC(=O)c3nc(Cl)c(Cl)c(N)c3Cl)[C@H]1C2. The molecule has 1 aromatic rings. The van der Waals surface area contributed by atoms with Gasteiger partial charge in [-0.2, -0.15) is 5.10 Å². The summed E-state index contributed by atoms with van der Waals surface area (Å²) in [6, 6.07) is 0. The van der Waals surface area contributed by atoms with Gasteiger partial charge in [0.15, 0.2) is 10.8 Å². The highest BCUT2D eigenvalue weighted by atomic mass is 35.5. The molecular weight excluding hydrogens is 371 g/mol. The molecule has 0 radical (unpaired) electrons. The Bertz CT molecular complexity index is 773. The summed E-state index contributed by atoms with van der Waals surface area (Å²) in [4.78, 5) is 16.1. The van der Waals surface area contributed by atoms with Crippen molar-refractivity contribution in [3.05, 3.63) is 32.5 Å². The summed E-state index contributed by atoms with van der Waals surface area (Å²) in [6.45, 7) is 4.54. The molecule has 128 valence electrons. The van der Waals surface area contributed by atoms with Gasteiger partial charge in [-0.05, 0) is 35.7 Å². The van der Waals surface area contributed by atoms with Crippen molar-refractivity contribution in [3.63, 3.8) is 0 Å². The molecule has 0 aliphatic heterocycles. The minimum absolute atomic E-state index is 0.0183. The number of nitrogen functional groups attached to an aromatic ring is 1. The molecule has 3 N–H and O–H groups in total. The number of pyridine rings is 1. The normalized spacial score (nSPS) is 24.5. The second-order valence-corrected chi connectivity index (χ2v) is 7.85. The lowest BCUT2D eigenvalue weighted by Crippen LogP contribution is -2.48. The molecule has 1 fully saturated rings. The van der Waals surface area contributed by atoms with Gasteiger partial charge in [-0.15, -0.1) is 0 Å². The summed E-state index contributed by atoms with van der Waals surface area (Å²) in [5, 5.41) is 3.93. The van der Waals surface area contributed by atoms with Crippen molar-refractivity contribution in [2.45, 2.75) is 26.7 Å². The van der Waals surface area contributed by atoms with E-state index in [-0.39, 0.29) is 26.6 Å². The van der Waals surface area contributed by atoms with Crippen LogP contribution in [0.2, 0.25) is 15.2 Å². The molecule has 3 aliphatic carbocycles. The van der Waals surface area contributed by atoms with Gasteiger partial charge in [-0.25, -0.2) is 10.4 Å². The van der Waals surface area contributed by atoms with Crippen LogP contribution in [0.3, 0.4) is 0 Å². The second-order valence-electron chi connectivity index (χ2n) is 6.74. The molecule has 0 spiro atoms. The van der Waals surface area contributed by atoms with Crippen LogP contribution in [0.5, 0.6) is 0 Å². The predicted molar refractivity (Wildman–Crippen MR) is 97.7 cm³/mol. The van der Waals surface area contributed by atoms with Crippen molar-refractivity contribution >= 4 is 52.6 Å². The molecule has 0 aromatic carbocycles. The number of nitrogens with one attached hydrogen (secondary N) is 1. The number of nitrogens with two attached hydrogens (primary N) is 1. The fraction of sp³-hybridized carbons (Fsp3) is 0.438. The summed E-state index contributed by atoms with van der Waals surface area (Å²) in [5.74, 6) is 0.638. The van der Waals surface area contributed by atoms with Crippen molar-refractivity contribution in [1.29, 1.82) is 0 Å². The molecule has 1 heterocycles. The summed E-state index contributed by atoms with van der Waals surface area (Å²) >= 11 is 17.7. The Morgan fingerprint density at radius 3 is 2.75 bits per heavy atom. The highest BCUT2D eigenvalue weighted by Crippen LogP contribution is 2.58. The molecule has 8 heteroatoms. The predicted octanol–water partition coefficient (Wildman–Crippen LogP) is 4.33. The van der Waals surface area contributed by atoms with E-state index in [0.29, 0.717) is 11.3 Å². The Morgan fingerprint density at radius 2 is 2.12 bits per heavy atom. The van der Waals surface area contributed by atoms with Crippen LogP contribution >= 0.6 is 34.8 Å². The molecule has 5 nitrogen and oxygen atoms in total. The van der Waals surface area contributed by atoms with Crippen LogP contribution < -0.4 is 11.2 Å². The standard InChI is InChI=1S/C16H17Cl3N4O/c1-16(2)8-4-3-7(9(16)5-8)6-21-23-15(24)13-10(17)12(20)11(18)14(19)22-13/h3,6,8-9H,4-5H2,1-2H3,(H2,20,22)(H,23,24)/b21-6-/t8-,9+/m0/s1. The number of amides is 1. The van der Waals surface area contributed by atoms with Gasteiger partial charge < -0.3 is 5.73 Å². The number of aromatic nitrogens is 1. The highest BCUT2D eigenvalue weighted by molar-refractivity contribution is 6.46. The minimum Gasteiger partial charge on any atom is -0.396 e. The number of anilines is 1. The minimum atomic E-state index is -0.594. The van der Waals surface area contributed by atoms with Crippen LogP contribution in [0.1, 0.15) is 37.2 Å². The second kappa shape index (κ2) is 6.21. The summed E-state index contributed by atoms with van der Waals surface area (Å²) in [6.07, 6.45) is 6.10. The van der Waals surface area contributed by atoms with Crippen molar-refractivity contribution < 1.29 is 4.79 Å². The number of halogens is 3. The van der Waals surface area contributed by atoms with Gasteiger partial charge in [0.25, 0.3) is 5.91 Å². The van der Waals surface area contributed by atoms with E-state index >= 15 is 0 Å². The molecule has 1 saturated carbocycles. The summed E-state index contributed by atoms with van der Waals surface area (Å²) in [7, 11) is 0. The van der Waals surface area contributed by atoms with Gasteiger partial charge in [-0.3, -0.25) is 4.79 Å². The third-order valence-electron chi connectivity index (χ3n) is 5.18. The number of hydrogen-bond acceptors (Lipinski definition) is 4. The zero-order chi connectivity index (χ0) is 17.6. The zero-order valence-corrected chi connectivity index (χ0v) is 15.5. The van der Waals surface area contributed by atoms with Crippen LogP contribution in [0.4, 0.5) is 5.69 Å². The Hall–Kier alpha value is -1.30. The van der Waals surface area contributed by atoms with Crippen LogP contribution in [0, 0.1) is 17.3 Å². The van der Waals surface area contributed by atoms with Gasteiger partial charge in [0.05, 0.1) is 16.9 Å². The first kappa shape index (κ1) is 17.5. The van der Waals surface area contributed by atoms with Crippen molar-refractivity contribution in [1.82, 2.24) is 10.4 Å². The molecular formula is C16H17Cl3N4O. The van der Waals surface area contributed by atoms with Gasteiger partial charge in [0, 0.05) is 0 Å². The quantitative estimate of drug-likeness (QED) is 0.460. The van der Waals surface area contributed by atoms with Crippen LogP contribution in [0.15, 0.2) is 16.8 Å². The summed E-state index contributed by atoms with van der Waals surface area (Å²) in [5.41, 5.74) is 9.47. The number of nitrogens with zero attached hydrogens (tertiary/aromatic N) is 2. The molecule has 3 aliphatic rings. The number of carbonyl (C=O) groups excluding carboxylic acids is 1. The Morgan fingerprint density at radius 1 is 1.42 bits per heavy atom. The third-order valence-corrected chi connectivity index (χ3v) is 6.31. The lowest BCUT2D eigenvalue weighted by Gasteiger charge is -2.55. The molecule has 24 heavy (non-hydrogen) atoms. The summed E-state index contributed by atoms with van der Waals surface area (Å²) < 4.78 is 0. The number of hydrogen-bond donors (Lipinski definition) is 2. The molecule has 0 unspecified atom stereocenters. The largest absolute Gasteiger partial charge is 0.396 e. The lowest BCUT2D eigenvalue weighted by atomic mass is 9.49. The maximum atomic E-state index is 12.2. The molecule has 1 aromatic heterocycles. The first-order valence-corrected chi connectivity index (χ1v) is 8.70. The van der Waals surface area contributed by atoms with Gasteiger partial charge >= 0.3 is 0 Å². The van der Waals surface area contributed by atoms with Crippen molar-refractivity contribution in [3.8, 4) is 0 Å². The average Bonchev–Trinajstić information content (AvgIpc) is 2.56. The van der Waals surface area contributed by atoms with Gasteiger partial charge in [-0.1, -0.05) is 54.7 Å². The van der Waals surface area contributed by atoms with Crippen molar-refractivity contribution in [2.75, 3.05) is 5.73 Å². The molecule has 1 amide bonds. The van der Waals surface area contributed by atoms with E-state index in [1.807, 2.05) is 0 Å². The van der Waals surface area contributed by atoms with Crippen LogP contribution in [0.25, 0.3) is 0 Å². The lowest BCUT2D eigenvalue weighted by molar-refractivity contribution is -0.00126. The highest BCUT2D eigenvalue weighted by Gasteiger charge is 2.50. The third kappa shape index (κ3) is 2.79. The monoisotopic (exact) mass is 386 g/mol. The number of fused-ring (bicyclic) bond motifs is 1. The fourth-order valence-corrected chi connectivity index (χ4v) is 4.04. The van der Waals surface area contributed by atoms with E-state index < -0.39 is 5.91 Å². The smallest absolute Gasteiger partial charge is 0.291 e. The number of rotatable bonds is 3. The van der Waals surface area contributed by atoms with Crippen LogP contribution in [-0.2, 0) is 0 Å². The van der Waals surface area contributed by atoms with E-state index in [4.69, 9.17) is 40.5 Å². The average molecular weight is 388 g/mol. The number of carbonyl (C=O) groups is 1. The first-order valence-electron chi connectivity index (χ1n) is 7.57. The zero-order valence-electron chi connectivity index (χ0n) is 13.2. The molecule has 2 bridgehead atoms. The van der Waals surface area contributed by atoms with Crippen molar-refractivity contribution in [2.24, 2.45) is 22.4 Å². The Kier molecular flexibility index (Phi) is 4.53. The van der Waals surface area contributed by atoms with E-state index in [1.165, 1.54) is 6.42 Å². The van der Waals surface area contributed by atoms with E-state index in [9.17, 15) is 4.79 Å². The molecule has 4 rings (SSSR count). The topological polar surface area (TPSA) is 80.4 Å².